The summed E-state index contributed by atoms with van der Waals surface area (Å²) in [5, 5.41) is 4.85. The number of hydrogen-bond acceptors (Lipinski definition) is 4. The highest BCUT2D eigenvalue weighted by molar-refractivity contribution is 7.10. The molecule has 2 aromatic rings. The van der Waals surface area contributed by atoms with Gasteiger partial charge in [0.1, 0.15) is 5.82 Å². The zero-order valence-electron chi connectivity index (χ0n) is 12.5. The molecule has 0 unspecified atom stereocenters. The number of hydrogen-bond donors (Lipinski definition) is 1. The van der Waals surface area contributed by atoms with E-state index in [-0.39, 0.29) is 5.91 Å². The lowest BCUT2D eigenvalue weighted by molar-refractivity contribution is -0.115. The Bertz CT molecular complexity index is 551. The Labute approximate surface area is 129 Å². The Hall–Kier alpha value is -1.88. The summed E-state index contributed by atoms with van der Waals surface area (Å²) in [7, 11) is 2.03. The fraction of sp³-hybridized carbons (Fsp3) is 0.375. The lowest BCUT2D eigenvalue weighted by Crippen LogP contribution is -2.19. The van der Waals surface area contributed by atoms with Crippen LogP contribution in [0.15, 0.2) is 35.8 Å². The van der Waals surface area contributed by atoms with Gasteiger partial charge in [0.05, 0.1) is 18.3 Å². The average Bonchev–Trinajstić information content (AvgIpc) is 2.98. The number of unbranched alkanes of at least 4 members (excludes halogenated alkanes) is 1. The van der Waals surface area contributed by atoms with E-state index in [0.717, 1.165) is 29.3 Å². The lowest BCUT2D eigenvalue weighted by Gasteiger charge is -2.17. The molecule has 2 heterocycles. The first-order valence-corrected chi connectivity index (χ1v) is 8.06. The number of anilines is 2. The first-order valence-electron chi connectivity index (χ1n) is 7.18. The van der Waals surface area contributed by atoms with Crippen LogP contribution in [0.25, 0.3) is 0 Å². The van der Waals surface area contributed by atoms with Gasteiger partial charge in [0.25, 0.3) is 0 Å². The van der Waals surface area contributed by atoms with Gasteiger partial charge in [0.2, 0.25) is 5.91 Å². The van der Waals surface area contributed by atoms with Crippen LogP contribution in [0, 0.1) is 0 Å². The molecule has 2 aromatic heterocycles. The highest BCUT2D eigenvalue weighted by Crippen LogP contribution is 2.15. The predicted molar refractivity (Wildman–Crippen MR) is 89.1 cm³/mol. The number of thiophene rings is 1. The number of amides is 1. The van der Waals surface area contributed by atoms with E-state index in [1.165, 1.54) is 6.42 Å². The summed E-state index contributed by atoms with van der Waals surface area (Å²) in [6.07, 6.45) is 4.44. The molecular formula is C16H21N3OS. The second-order valence-corrected chi connectivity index (χ2v) is 6.02. The van der Waals surface area contributed by atoms with Crippen LogP contribution >= 0.6 is 11.3 Å². The van der Waals surface area contributed by atoms with Gasteiger partial charge < -0.3 is 10.2 Å². The van der Waals surface area contributed by atoms with Crippen LogP contribution in [-0.2, 0) is 11.2 Å². The van der Waals surface area contributed by atoms with Crippen molar-refractivity contribution in [3.05, 3.63) is 40.7 Å². The molecule has 0 aliphatic rings. The van der Waals surface area contributed by atoms with Crippen LogP contribution in [0.3, 0.4) is 0 Å². The number of rotatable bonds is 7. The third-order valence-electron chi connectivity index (χ3n) is 3.18. The summed E-state index contributed by atoms with van der Waals surface area (Å²) in [5.41, 5.74) is 0.740. The lowest BCUT2D eigenvalue weighted by atomic mass is 10.3. The molecule has 0 aromatic carbocycles. The van der Waals surface area contributed by atoms with Crippen molar-refractivity contribution < 1.29 is 4.79 Å². The Kier molecular flexibility index (Phi) is 5.75. The zero-order valence-corrected chi connectivity index (χ0v) is 13.3. The van der Waals surface area contributed by atoms with Crippen molar-refractivity contribution >= 4 is 28.7 Å². The fourth-order valence-corrected chi connectivity index (χ4v) is 2.68. The van der Waals surface area contributed by atoms with Crippen LogP contribution in [0.2, 0.25) is 0 Å². The first-order chi connectivity index (χ1) is 10.2. The third-order valence-corrected chi connectivity index (χ3v) is 4.06. The normalized spacial score (nSPS) is 10.4. The summed E-state index contributed by atoms with van der Waals surface area (Å²) in [5.74, 6) is 0.922. The number of aromatic nitrogens is 1. The van der Waals surface area contributed by atoms with Crippen molar-refractivity contribution in [2.75, 3.05) is 23.8 Å². The van der Waals surface area contributed by atoms with Crippen molar-refractivity contribution in [2.45, 2.75) is 26.2 Å². The molecule has 0 aliphatic heterocycles. The molecule has 2 rings (SSSR count). The van der Waals surface area contributed by atoms with Gasteiger partial charge >= 0.3 is 0 Å². The largest absolute Gasteiger partial charge is 0.360 e. The summed E-state index contributed by atoms with van der Waals surface area (Å²) < 4.78 is 0. The maximum atomic E-state index is 11.9. The topological polar surface area (TPSA) is 45.2 Å². The molecule has 0 aliphatic carbocycles. The maximum Gasteiger partial charge on any atom is 0.229 e. The molecule has 0 saturated heterocycles. The molecule has 0 spiro atoms. The van der Waals surface area contributed by atoms with E-state index in [4.69, 9.17) is 0 Å². The maximum absolute atomic E-state index is 11.9. The SMILES string of the molecule is CCCCN(C)c1ccc(NC(=O)Cc2cccs2)cn1. The fourth-order valence-electron chi connectivity index (χ4n) is 1.97. The van der Waals surface area contributed by atoms with E-state index in [1.807, 2.05) is 36.7 Å². The van der Waals surface area contributed by atoms with Crippen LogP contribution < -0.4 is 10.2 Å². The molecule has 0 atom stereocenters. The monoisotopic (exact) mass is 303 g/mol. The molecule has 0 saturated carbocycles. The minimum absolute atomic E-state index is 0.00802. The van der Waals surface area contributed by atoms with E-state index in [0.29, 0.717) is 6.42 Å². The Morgan fingerprint density at radius 1 is 1.38 bits per heavy atom. The quantitative estimate of drug-likeness (QED) is 0.850. The minimum Gasteiger partial charge on any atom is -0.360 e. The second-order valence-electron chi connectivity index (χ2n) is 4.98. The Morgan fingerprint density at radius 2 is 2.24 bits per heavy atom. The van der Waals surface area contributed by atoms with Crippen molar-refractivity contribution in [2.24, 2.45) is 0 Å². The summed E-state index contributed by atoms with van der Waals surface area (Å²) >= 11 is 1.59. The first kappa shape index (κ1) is 15.5. The molecule has 5 heteroatoms. The van der Waals surface area contributed by atoms with Crippen molar-refractivity contribution in [3.8, 4) is 0 Å². The molecule has 21 heavy (non-hydrogen) atoms. The Balaban J connectivity index is 1.88. The van der Waals surface area contributed by atoms with Gasteiger partial charge in [-0.1, -0.05) is 19.4 Å². The molecule has 0 fully saturated rings. The van der Waals surface area contributed by atoms with Gasteiger partial charge in [0, 0.05) is 18.5 Å². The van der Waals surface area contributed by atoms with E-state index in [9.17, 15) is 4.79 Å². The standard InChI is InChI=1S/C16H21N3OS/c1-3-4-9-19(2)15-8-7-13(12-17-15)18-16(20)11-14-6-5-10-21-14/h5-8,10,12H,3-4,9,11H2,1-2H3,(H,18,20). The molecule has 1 N–H and O–H groups in total. The number of pyridine rings is 1. The summed E-state index contributed by atoms with van der Waals surface area (Å²) in [6, 6.07) is 7.76. The second kappa shape index (κ2) is 7.78. The number of nitrogens with zero attached hydrogens (tertiary/aromatic N) is 2. The van der Waals surface area contributed by atoms with E-state index in [2.05, 4.69) is 22.1 Å². The van der Waals surface area contributed by atoms with Crippen molar-refractivity contribution in [1.29, 1.82) is 0 Å². The van der Waals surface area contributed by atoms with Crippen LogP contribution in [0.1, 0.15) is 24.6 Å². The van der Waals surface area contributed by atoms with Crippen molar-refractivity contribution in [3.63, 3.8) is 0 Å². The molecule has 112 valence electrons. The van der Waals surface area contributed by atoms with Gasteiger partial charge in [-0.25, -0.2) is 4.98 Å². The number of carbonyl (C=O) groups excluding carboxylic acids is 1. The minimum atomic E-state index is -0.00802. The molecular weight excluding hydrogens is 282 g/mol. The molecule has 0 radical (unpaired) electrons. The summed E-state index contributed by atoms with van der Waals surface area (Å²) in [4.78, 5) is 19.5. The van der Waals surface area contributed by atoms with E-state index >= 15 is 0 Å². The van der Waals surface area contributed by atoms with Gasteiger partial charge in [-0.05, 0) is 30.0 Å². The van der Waals surface area contributed by atoms with Gasteiger partial charge in [-0.3, -0.25) is 4.79 Å². The average molecular weight is 303 g/mol. The van der Waals surface area contributed by atoms with Crippen LogP contribution in [-0.4, -0.2) is 24.5 Å². The number of carbonyl (C=O) groups is 1. The smallest absolute Gasteiger partial charge is 0.229 e. The van der Waals surface area contributed by atoms with E-state index in [1.54, 1.807) is 17.5 Å². The molecule has 0 bridgehead atoms. The number of nitrogens with one attached hydrogen (secondary N) is 1. The van der Waals surface area contributed by atoms with Gasteiger partial charge in [-0.2, -0.15) is 0 Å². The molecule has 4 nitrogen and oxygen atoms in total. The van der Waals surface area contributed by atoms with E-state index < -0.39 is 0 Å². The summed E-state index contributed by atoms with van der Waals surface area (Å²) in [6.45, 7) is 3.17. The van der Waals surface area contributed by atoms with Crippen LogP contribution in [0.5, 0.6) is 0 Å². The van der Waals surface area contributed by atoms with Gasteiger partial charge in [-0.15, -0.1) is 11.3 Å². The van der Waals surface area contributed by atoms with Gasteiger partial charge in [0.15, 0.2) is 0 Å². The van der Waals surface area contributed by atoms with Crippen molar-refractivity contribution in [1.82, 2.24) is 4.98 Å². The zero-order chi connectivity index (χ0) is 15.1. The highest BCUT2D eigenvalue weighted by atomic mass is 32.1. The molecule has 1 amide bonds. The Morgan fingerprint density at radius 3 is 2.86 bits per heavy atom. The van der Waals surface area contributed by atoms with Crippen LogP contribution in [0.4, 0.5) is 11.5 Å². The predicted octanol–water partition coefficient (Wildman–Crippen LogP) is 3.56. The third kappa shape index (κ3) is 4.86. The highest BCUT2D eigenvalue weighted by Gasteiger charge is 2.06.